The van der Waals surface area contributed by atoms with E-state index >= 15 is 0 Å². The van der Waals surface area contributed by atoms with E-state index in [0.717, 1.165) is 0 Å². The zero-order valence-corrected chi connectivity index (χ0v) is 13.4. The van der Waals surface area contributed by atoms with Crippen LogP contribution in [0.15, 0.2) is 12.1 Å². The van der Waals surface area contributed by atoms with E-state index in [4.69, 9.17) is 9.47 Å². The molecule has 0 bridgehead atoms. The van der Waals surface area contributed by atoms with E-state index in [1.807, 2.05) is 20.8 Å². The van der Waals surface area contributed by atoms with E-state index < -0.39 is 17.7 Å². The number of ether oxygens (including phenoxy) is 2. The Labute approximate surface area is 129 Å². The number of pyridine rings is 1. The predicted octanol–water partition coefficient (Wildman–Crippen LogP) is 1.01. The van der Waals surface area contributed by atoms with Crippen molar-refractivity contribution in [3.63, 3.8) is 0 Å². The Morgan fingerprint density at radius 3 is 2.55 bits per heavy atom. The lowest BCUT2D eigenvalue weighted by atomic mass is 9.89. The summed E-state index contributed by atoms with van der Waals surface area (Å²) in [5.41, 5.74) is -0.0685. The Kier molecular flexibility index (Phi) is 4.37. The minimum atomic E-state index is -0.733. The first-order valence-electron chi connectivity index (χ1n) is 7.05. The van der Waals surface area contributed by atoms with Crippen LogP contribution in [0.1, 0.15) is 43.0 Å². The van der Waals surface area contributed by atoms with Gasteiger partial charge in [0, 0.05) is 6.07 Å². The van der Waals surface area contributed by atoms with Gasteiger partial charge < -0.3 is 14.8 Å². The highest BCUT2D eigenvalue weighted by atomic mass is 16.5. The largest absolute Gasteiger partial charge is 0.481 e. The molecule has 7 heteroatoms. The first-order chi connectivity index (χ1) is 10.3. The normalized spacial score (nSPS) is 24.3. The molecule has 2 atom stereocenters. The van der Waals surface area contributed by atoms with Crippen LogP contribution in [0.3, 0.4) is 0 Å². The summed E-state index contributed by atoms with van der Waals surface area (Å²) >= 11 is 0. The van der Waals surface area contributed by atoms with E-state index in [-0.39, 0.29) is 17.4 Å². The second-order valence-electron chi connectivity index (χ2n) is 5.69. The summed E-state index contributed by atoms with van der Waals surface area (Å²) in [5.74, 6) is -0.214. The molecule has 120 valence electrons. The Morgan fingerprint density at radius 2 is 2.05 bits per heavy atom. The molecule has 0 radical (unpaired) electrons. The maximum Gasteiger partial charge on any atom is 0.339 e. The lowest BCUT2D eigenvalue weighted by molar-refractivity contribution is -0.125. The third kappa shape index (κ3) is 2.64. The lowest BCUT2D eigenvalue weighted by Gasteiger charge is -2.26. The van der Waals surface area contributed by atoms with Crippen LogP contribution < -0.4 is 15.4 Å². The first kappa shape index (κ1) is 16.2. The third-order valence-corrected chi connectivity index (χ3v) is 4.13. The minimum Gasteiger partial charge on any atom is -0.481 e. The number of hydrogen-bond acceptors (Lipinski definition) is 6. The molecule has 2 rings (SSSR count). The van der Waals surface area contributed by atoms with Gasteiger partial charge in [0.1, 0.15) is 6.17 Å². The van der Waals surface area contributed by atoms with E-state index in [2.05, 4.69) is 15.6 Å². The van der Waals surface area contributed by atoms with Crippen LogP contribution >= 0.6 is 0 Å². The molecule has 1 saturated heterocycles. The van der Waals surface area contributed by atoms with E-state index in [0.29, 0.717) is 11.6 Å². The Balaban J connectivity index is 2.44. The number of carbonyl (C=O) groups excluding carboxylic acids is 2. The number of amides is 1. The predicted molar refractivity (Wildman–Crippen MR) is 79.4 cm³/mol. The molecule has 1 amide bonds. The van der Waals surface area contributed by atoms with Crippen molar-refractivity contribution in [2.24, 2.45) is 5.92 Å². The fourth-order valence-electron chi connectivity index (χ4n) is 2.32. The molecule has 7 nitrogen and oxygen atoms in total. The van der Waals surface area contributed by atoms with Crippen LogP contribution in [0.5, 0.6) is 5.88 Å². The summed E-state index contributed by atoms with van der Waals surface area (Å²) in [4.78, 5) is 28.5. The SMILES string of the molecule is COC(=O)c1ccc(OC)nc1C1NC(=O)C(C)(C(C)C)N1. The van der Waals surface area contributed by atoms with Crippen molar-refractivity contribution in [3.8, 4) is 5.88 Å². The Morgan fingerprint density at radius 1 is 1.36 bits per heavy atom. The fourth-order valence-corrected chi connectivity index (χ4v) is 2.32. The van der Waals surface area contributed by atoms with Crippen LogP contribution in [-0.2, 0) is 9.53 Å². The van der Waals surface area contributed by atoms with Crippen LogP contribution in [0.4, 0.5) is 0 Å². The van der Waals surface area contributed by atoms with Crippen molar-refractivity contribution in [3.05, 3.63) is 23.4 Å². The van der Waals surface area contributed by atoms with Gasteiger partial charge in [-0.1, -0.05) is 13.8 Å². The molecule has 0 saturated carbocycles. The zero-order chi connectivity index (χ0) is 16.5. The molecule has 1 aromatic rings. The summed E-state index contributed by atoms with van der Waals surface area (Å²) in [5, 5.41) is 6.05. The Hall–Kier alpha value is -2.15. The molecule has 1 aromatic heterocycles. The van der Waals surface area contributed by atoms with Gasteiger partial charge in [0.25, 0.3) is 0 Å². The van der Waals surface area contributed by atoms with Gasteiger partial charge in [-0.25, -0.2) is 9.78 Å². The average Bonchev–Trinajstić information content (AvgIpc) is 2.82. The van der Waals surface area contributed by atoms with Crippen molar-refractivity contribution < 1.29 is 19.1 Å². The van der Waals surface area contributed by atoms with E-state index in [1.165, 1.54) is 14.2 Å². The van der Waals surface area contributed by atoms with Gasteiger partial charge in [-0.15, -0.1) is 0 Å². The molecule has 0 aromatic carbocycles. The highest BCUT2D eigenvalue weighted by Crippen LogP contribution is 2.29. The number of carbonyl (C=O) groups is 2. The lowest BCUT2D eigenvalue weighted by Crippen LogP contribution is -2.48. The molecule has 1 aliphatic rings. The van der Waals surface area contributed by atoms with E-state index in [9.17, 15) is 9.59 Å². The molecule has 1 aliphatic heterocycles. The third-order valence-electron chi connectivity index (χ3n) is 4.13. The van der Waals surface area contributed by atoms with E-state index in [1.54, 1.807) is 12.1 Å². The summed E-state index contributed by atoms with van der Waals surface area (Å²) in [6, 6.07) is 3.15. The van der Waals surface area contributed by atoms with Gasteiger partial charge >= 0.3 is 5.97 Å². The number of hydrogen-bond donors (Lipinski definition) is 2. The highest BCUT2D eigenvalue weighted by Gasteiger charge is 2.46. The van der Waals surface area contributed by atoms with Gasteiger partial charge in [-0.05, 0) is 18.9 Å². The molecule has 2 unspecified atom stereocenters. The second-order valence-corrected chi connectivity index (χ2v) is 5.69. The number of nitrogens with zero attached hydrogens (tertiary/aromatic N) is 1. The van der Waals surface area contributed by atoms with Crippen LogP contribution in [0, 0.1) is 5.92 Å². The molecule has 2 N–H and O–H groups in total. The minimum absolute atomic E-state index is 0.0738. The van der Waals surface area contributed by atoms with Crippen molar-refractivity contribution in [2.45, 2.75) is 32.5 Å². The standard InChI is InChI=1S/C15H21N3O4/c1-8(2)15(3)14(20)17-12(18-15)11-9(13(19)22-5)6-7-10(16-11)21-4/h6-8,12,18H,1-5H3,(H,17,20). The molecule has 0 spiro atoms. The van der Waals surface area contributed by atoms with Crippen molar-refractivity contribution in [1.82, 2.24) is 15.6 Å². The summed E-state index contributed by atoms with van der Waals surface area (Å²) in [7, 11) is 2.79. The Bertz CT molecular complexity index is 602. The van der Waals surface area contributed by atoms with Crippen molar-refractivity contribution in [2.75, 3.05) is 14.2 Å². The van der Waals surface area contributed by atoms with Gasteiger partial charge in [-0.2, -0.15) is 0 Å². The maximum atomic E-state index is 12.3. The molecular formula is C15H21N3O4. The van der Waals surface area contributed by atoms with Gasteiger partial charge in [0.05, 0.1) is 31.0 Å². The fraction of sp³-hybridized carbons (Fsp3) is 0.533. The number of esters is 1. The molecular weight excluding hydrogens is 286 g/mol. The number of rotatable bonds is 4. The first-order valence-corrected chi connectivity index (χ1v) is 7.05. The van der Waals surface area contributed by atoms with Crippen LogP contribution in [0.25, 0.3) is 0 Å². The van der Waals surface area contributed by atoms with Gasteiger partial charge in [0.2, 0.25) is 11.8 Å². The summed E-state index contributed by atoms with van der Waals surface area (Å²) in [6.07, 6.45) is -0.580. The maximum absolute atomic E-state index is 12.3. The van der Waals surface area contributed by atoms with Crippen LogP contribution in [-0.4, -0.2) is 36.6 Å². The summed E-state index contributed by atoms with van der Waals surface area (Å²) in [6.45, 7) is 5.73. The number of nitrogens with one attached hydrogen (secondary N) is 2. The smallest absolute Gasteiger partial charge is 0.339 e. The molecule has 0 aliphatic carbocycles. The number of methoxy groups -OCH3 is 2. The highest BCUT2D eigenvalue weighted by molar-refractivity contribution is 5.92. The quantitative estimate of drug-likeness (QED) is 0.807. The average molecular weight is 307 g/mol. The van der Waals surface area contributed by atoms with Gasteiger partial charge in [0.15, 0.2) is 0 Å². The monoisotopic (exact) mass is 307 g/mol. The topological polar surface area (TPSA) is 89.6 Å². The molecule has 1 fully saturated rings. The molecule has 2 heterocycles. The van der Waals surface area contributed by atoms with Crippen molar-refractivity contribution in [1.29, 1.82) is 0 Å². The van der Waals surface area contributed by atoms with Crippen molar-refractivity contribution >= 4 is 11.9 Å². The number of aromatic nitrogens is 1. The second kappa shape index (κ2) is 5.92. The molecule has 22 heavy (non-hydrogen) atoms. The zero-order valence-electron chi connectivity index (χ0n) is 13.4. The van der Waals surface area contributed by atoms with Gasteiger partial charge in [-0.3, -0.25) is 10.1 Å². The van der Waals surface area contributed by atoms with Crippen LogP contribution in [0.2, 0.25) is 0 Å². The summed E-state index contributed by atoms with van der Waals surface area (Å²) < 4.78 is 9.88.